The van der Waals surface area contributed by atoms with Gasteiger partial charge >= 0.3 is 6.18 Å². The Morgan fingerprint density at radius 1 is 1.29 bits per heavy atom. The number of aromatic nitrogens is 1. The molecule has 1 aromatic heterocycles. The maximum absolute atomic E-state index is 12.6. The summed E-state index contributed by atoms with van der Waals surface area (Å²) in [4.78, 5) is 0. The molecule has 0 saturated carbocycles. The molecule has 0 bridgehead atoms. The van der Waals surface area contributed by atoms with Crippen LogP contribution in [0.15, 0.2) is 24.4 Å². The van der Waals surface area contributed by atoms with Crippen molar-refractivity contribution in [3.8, 4) is 0 Å². The van der Waals surface area contributed by atoms with Crippen LogP contribution in [0.4, 0.5) is 13.2 Å². The highest BCUT2D eigenvalue weighted by Crippen LogP contribution is 2.32. The zero-order chi connectivity index (χ0) is 12.6. The molecule has 2 nitrogen and oxygen atoms in total. The Morgan fingerprint density at radius 2 is 2.00 bits per heavy atom. The molecule has 92 valence electrons. The van der Waals surface area contributed by atoms with Gasteiger partial charge in [0.25, 0.3) is 0 Å². The van der Waals surface area contributed by atoms with Gasteiger partial charge in [0, 0.05) is 30.7 Å². The summed E-state index contributed by atoms with van der Waals surface area (Å²) in [7, 11) is 3.56. The molecule has 1 N–H and O–H groups in total. The maximum Gasteiger partial charge on any atom is 0.416 e. The van der Waals surface area contributed by atoms with E-state index in [9.17, 15) is 13.2 Å². The van der Waals surface area contributed by atoms with Crippen LogP contribution in [0.25, 0.3) is 10.9 Å². The van der Waals surface area contributed by atoms with E-state index in [2.05, 4.69) is 5.32 Å². The minimum absolute atomic E-state index is 0.602. The number of rotatable bonds is 2. The number of alkyl halides is 3. The number of hydrogen-bond acceptors (Lipinski definition) is 1. The van der Waals surface area contributed by atoms with Gasteiger partial charge in [-0.3, -0.25) is 0 Å². The SMILES string of the molecule is CNCc1cn(C)c2cc(C(F)(F)F)ccc12. The lowest BCUT2D eigenvalue weighted by Gasteiger charge is -2.07. The van der Waals surface area contributed by atoms with E-state index >= 15 is 0 Å². The third kappa shape index (κ3) is 2.15. The predicted molar refractivity (Wildman–Crippen MR) is 60.7 cm³/mol. The molecule has 0 aliphatic carbocycles. The maximum atomic E-state index is 12.6. The lowest BCUT2D eigenvalue weighted by Crippen LogP contribution is -2.05. The summed E-state index contributed by atoms with van der Waals surface area (Å²) < 4.78 is 39.5. The van der Waals surface area contributed by atoms with E-state index in [0.717, 1.165) is 17.0 Å². The molecule has 0 saturated heterocycles. The first kappa shape index (κ1) is 12.0. The van der Waals surface area contributed by atoms with Gasteiger partial charge in [-0.25, -0.2) is 0 Å². The Hall–Kier alpha value is -1.49. The Morgan fingerprint density at radius 3 is 2.59 bits per heavy atom. The first-order valence-electron chi connectivity index (χ1n) is 5.23. The fourth-order valence-corrected chi connectivity index (χ4v) is 1.98. The van der Waals surface area contributed by atoms with E-state index in [4.69, 9.17) is 0 Å². The average Bonchev–Trinajstić information content (AvgIpc) is 2.55. The van der Waals surface area contributed by atoms with Gasteiger partial charge in [-0.1, -0.05) is 6.07 Å². The highest BCUT2D eigenvalue weighted by molar-refractivity contribution is 5.84. The van der Waals surface area contributed by atoms with Crippen LogP contribution in [0.1, 0.15) is 11.1 Å². The largest absolute Gasteiger partial charge is 0.416 e. The summed E-state index contributed by atoms with van der Waals surface area (Å²) in [6.07, 6.45) is -2.44. The van der Waals surface area contributed by atoms with Crippen molar-refractivity contribution in [1.29, 1.82) is 0 Å². The van der Waals surface area contributed by atoms with Crippen molar-refractivity contribution in [1.82, 2.24) is 9.88 Å². The molecule has 0 spiro atoms. The molecule has 5 heteroatoms. The lowest BCUT2D eigenvalue weighted by molar-refractivity contribution is -0.137. The van der Waals surface area contributed by atoms with Crippen LogP contribution < -0.4 is 5.32 Å². The molecule has 0 fully saturated rings. The molecular weight excluding hydrogens is 229 g/mol. The van der Waals surface area contributed by atoms with E-state index in [1.807, 2.05) is 13.2 Å². The van der Waals surface area contributed by atoms with Crippen molar-refractivity contribution < 1.29 is 13.2 Å². The Bertz CT molecular complexity index is 540. The van der Waals surface area contributed by atoms with Crippen molar-refractivity contribution in [2.45, 2.75) is 12.7 Å². The molecule has 0 aliphatic heterocycles. The van der Waals surface area contributed by atoms with E-state index in [-0.39, 0.29) is 0 Å². The van der Waals surface area contributed by atoms with Crippen LogP contribution in [0.5, 0.6) is 0 Å². The molecule has 1 aromatic carbocycles. The molecular formula is C12H13F3N2. The van der Waals surface area contributed by atoms with Gasteiger partial charge in [0.05, 0.1) is 5.56 Å². The van der Waals surface area contributed by atoms with E-state index in [1.54, 1.807) is 11.6 Å². The second-order valence-corrected chi connectivity index (χ2v) is 4.03. The standard InChI is InChI=1S/C12H13F3N2/c1-16-6-8-7-17(2)11-5-9(12(13,14)15)3-4-10(8)11/h3-5,7,16H,6H2,1-2H3. The van der Waals surface area contributed by atoms with Gasteiger partial charge in [-0.15, -0.1) is 0 Å². The van der Waals surface area contributed by atoms with Crippen LogP contribution in [0, 0.1) is 0 Å². The molecule has 0 aliphatic rings. The number of hydrogen-bond donors (Lipinski definition) is 1. The van der Waals surface area contributed by atoms with E-state index in [0.29, 0.717) is 12.1 Å². The minimum Gasteiger partial charge on any atom is -0.350 e. The van der Waals surface area contributed by atoms with Gasteiger partial charge in [0.1, 0.15) is 0 Å². The van der Waals surface area contributed by atoms with Gasteiger partial charge in [0.2, 0.25) is 0 Å². The Balaban J connectivity index is 2.59. The Labute approximate surface area is 97.0 Å². The molecule has 0 unspecified atom stereocenters. The summed E-state index contributed by atoms with van der Waals surface area (Å²) >= 11 is 0. The second-order valence-electron chi connectivity index (χ2n) is 4.03. The van der Waals surface area contributed by atoms with Crippen molar-refractivity contribution >= 4 is 10.9 Å². The van der Waals surface area contributed by atoms with Crippen LogP contribution in [0.3, 0.4) is 0 Å². The fraction of sp³-hybridized carbons (Fsp3) is 0.333. The topological polar surface area (TPSA) is 17.0 Å². The third-order valence-electron chi connectivity index (χ3n) is 2.77. The van der Waals surface area contributed by atoms with Crippen LogP contribution in [-0.2, 0) is 19.8 Å². The molecule has 0 radical (unpaired) electrons. The lowest BCUT2D eigenvalue weighted by atomic mass is 10.1. The zero-order valence-corrected chi connectivity index (χ0v) is 9.60. The number of aryl methyl sites for hydroxylation is 1. The number of benzene rings is 1. The molecule has 2 rings (SSSR count). The first-order chi connectivity index (χ1) is 7.93. The fourth-order valence-electron chi connectivity index (χ4n) is 1.98. The Kier molecular flexibility index (Phi) is 2.87. The zero-order valence-electron chi connectivity index (χ0n) is 9.60. The summed E-state index contributed by atoms with van der Waals surface area (Å²) in [5.41, 5.74) is 0.992. The second kappa shape index (κ2) is 4.07. The van der Waals surface area contributed by atoms with E-state index in [1.165, 1.54) is 12.1 Å². The van der Waals surface area contributed by atoms with Gasteiger partial charge in [-0.2, -0.15) is 13.2 Å². The summed E-state index contributed by atoms with van der Waals surface area (Å²) in [5.74, 6) is 0. The highest BCUT2D eigenvalue weighted by atomic mass is 19.4. The predicted octanol–water partition coefficient (Wildman–Crippen LogP) is 2.92. The third-order valence-corrected chi connectivity index (χ3v) is 2.77. The van der Waals surface area contributed by atoms with Gasteiger partial charge in [-0.05, 0) is 24.7 Å². The first-order valence-corrected chi connectivity index (χ1v) is 5.23. The monoisotopic (exact) mass is 242 g/mol. The van der Waals surface area contributed by atoms with E-state index < -0.39 is 11.7 Å². The van der Waals surface area contributed by atoms with Crippen molar-refractivity contribution in [3.05, 3.63) is 35.5 Å². The van der Waals surface area contributed by atoms with Crippen molar-refractivity contribution in [3.63, 3.8) is 0 Å². The number of nitrogens with one attached hydrogen (secondary N) is 1. The van der Waals surface area contributed by atoms with Crippen LogP contribution >= 0.6 is 0 Å². The smallest absolute Gasteiger partial charge is 0.350 e. The summed E-state index contributed by atoms with van der Waals surface area (Å²) in [5, 5.41) is 3.86. The normalized spacial score (nSPS) is 12.3. The number of nitrogens with zero attached hydrogens (tertiary/aromatic N) is 1. The van der Waals surface area contributed by atoms with Crippen LogP contribution in [0.2, 0.25) is 0 Å². The molecule has 17 heavy (non-hydrogen) atoms. The summed E-state index contributed by atoms with van der Waals surface area (Å²) in [6.45, 7) is 0.642. The molecule has 0 amide bonds. The average molecular weight is 242 g/mol. The van der Waals surface area contributed by atoms with Crippen molar-refractivity contribution in [2.24, 2.45) is 7.05 Å². The minimum atomic E-state index is -4.29. The quantitative estimate of drug-likeness (QED) is 0.856. The van der Waals surface area contributed by atoms with Crippen LogP contribution in [-0.4, -0.2) is 11.6 Å². The molecule has 0 atom stereocenters. The number of fused-ring (bicyclic) bond motifs is 1. The van der Waals surface area contributed by atoms with Gasteiger partial charge in [0.15, 0.2) is 0 Å². The molecule has 1 heterocycles. The molecule has 2 aromatic rings. The highest BCUT2D eigenvalue weighted by Gasteiger charge is 2.30. The summed E-state index contributed by atoms with van der Waals surface area (Å²) in [6, 6.07) is 3.85. The number of halogens is 3. The van der Waals surface area contributed by atoms with Crippen molar-refractivity contribution in [2.75, 3.05) is 7.05 Å². The van der Waals surface area contributed by atoms with Gasteiger partial charge < -0.3 is 9.88 Å².